The maximum atomic E-state index is 11.9. The van der Waals surface area contributed by atoms with Crippen molar-refractivity contribution in [1.29, 1.82) is 0 Å². The number of carbonyl (C=O) groups excluding carboxylic acids is 2. The minimum atomic E-state index is -0.402. The number of anilines is 1. The Labute approximate surface area is 204 Å². The second kappa shape index (κ2) is 13.2. The van der Waals surface area contributed by atoms with Crippen LogP contribution in [0.4, 0.5) is 5.69 Å². The van der Waals surface area contributed by atoms with Crippen molar-refractivity contribution in [2.75, 3.05) is 19.5 Å². The molecule has 4 rings (SSSR count). The van der Waals surface area contributed by atoms with Gasteiger partial charge < -0.3 is 25.7 Å². The lowest BCUT2D eigenvalue weighted by molar-refractivity contribution is -0.111. The van der Waals surface area contributed by atoms with Crippen LogP contribution >= 0.6 is 0 Å². The monoisotopic (exact) mass is 469 g/mol. The molecule has 178 valence electrons. The van der Waals surface area contributed by atoms with Crippen molar-refractivity contribution in [2.45, 2.75) is 13.1 Å². The van der Waals surface area contributed by atoms with E-state index in [0.29, 0.717) is 18.6 Å². The Balaban J connectivity index is 0.000000237. The lowest BCUT2D eigenvalue weighted by Gasteiger charge is -2.04. The summed E-state index contributed by atoms with van der Waals surface area (Å²) in [6.07, 6.45) is 4.37. The molecule has 8 nitrogen and oxygen atoms in total. The molecule has 0 fully saturated rings. The molecule has 2 aromatic carbocycles. The van der Waals surface area contributed by atoms with E-state index in [1.54, 1.807) is 49.6 Å². The number of carbonyl (C=O) groups is 2. The summed E-state index contributed by atoms with van der Waals surface area (Å²) >= 11 is 0. The highest BCUT2D eigenvalue weighted by molar-refractivity contribution is 6.04. The van der Waals surface area contributed by atoms with E-state index in [4.69, 9.17) is 4.74 Å². The molecule has 0 saturated carbocycles. The van der Waals surface area contributed by atoms with E-state index in [0.717, 1.165) is 29.1 Å². The molecule has 2 amide bonds. The molecule has 2 heterocycles. The van der Waals surface area contributed by atoms with Gasteiger partial charge in [0.1, 0.15) is 11.4 Å². The van der Waals surface area contributed by atoms with Crippen LogP contribution in [-0.4, -0.2) is 36.4 Å². The van der Waals surface area contributed by atoms with Crippen LogP contribution in [0.25, 0.3) is 11.0 Å². The summed E-state index contributed by atoms with van der Waals surface area (Å²) < 4.78 is 5.06. The van der Waals surface area contributed by atoms with Gasteiger partial charge in [0.2, 0.25) is 6.41 Å². The normalized spacial score (nSPS) is 9.77. The zero-order chi connectivity index (χ0) is 24.9. The summed E-state index contributed by atoms with van der Waals surface area (Å²) in [7, 11) is 3.53. The van der Waals surface area contributed by atoms with Gasteiger partial charge in [0.25, 0.3) is 0 Å². The Morgan fingerprint density at radius 3 is 2.69 bits per heavy atom. The van der Waals surface area contributed by atoms with E-state index >= 15 is 0 Å². The highest BCUT2D eigenvalue weighted by atomic mass is 16.5. The standard InChI is InChI=1S/C18H16N2O3.C9H11N3/c1-23-17-8-5-14(6-9-17)7-10-18(22)20-16-4-2-3-15(11-16)12-19-13-21;1-10-6-7-2-4-11-9-8(7)3-5-12-9/h2-6,8-9,11,13H,12H2,1H3,(H,19,21)(H,20,22);2-5,10H,6H2,1H3,(H,11,12). The Hall–Kier alpha value is -4.61. The van der Waals surface area contributed by atoms with Crippen LogP contribution in [-0.2, 0) is 22.7 Å². The Morgan fingerprint density at radius 2 is 1.94 bits per heavy atom. The summed E-state index contributed by atoms with van der Waals surface area (Å²) in [4.78, 5) is 29.4. The van der Waals surface area contributed by atoms with Crippen LogP contribution < -0.4 is 20.7 Å². The summed E-state index contributed by atoms with van der Waals surface area (Å²) in [5.74, 6) is 5.66. The van der Waals surface area contributed by atoms with Crippen molar-refractivity contribution in [3.8, 4) is 17.6 Å². The van der Waals surface area contributed by atoms with Gasteiger partial charge in [-0.15, -0.1) is 0 Å². The fourth-order valence-corrected chi connectivity index (χ4v) is 3.25. The van der Waals surface area contributed by atoms with Gasteiger partial charge >= 0.3 is 5.91 Å². The second-order valence-corrected chi connectivity index (χ2v) is 7.37. The van der Waals surface area contributed by atoms with E-state index in [-0.39, 0.29) is 0 Å². The number of benzene rings is 2. The number of rotatable bonds is 7. The molecular formula is C27H27N5O3. The number of aromatic nitrogens is 2. The fraction of sp³-hybridized carbons (Fsp3) is 0.148. The first-order valence-corrected chi connectivity index (χ1v) is 10.9. The molecule has 0 saturated heterocycles. The van der Waals surface area contributed by atoms with E-state index in [9.17, 15) is 9.59 Å². The van der Waals surface area contributed by atoms with Crippen LogP contribution in [0.2, 0.25) is 0 Å². The van der Waals surface area contributed by atoms with Gasteiger partial charge in [0.05, 0.1) is 7.11 Å². The Kier molecular flexibility index (Phi) is 9.42. The van der Waals surface area contributed by atoms with Crippen LogP contribution in [0, 0.1) is 11.8 Å². The van der Waals surface area contributed by atoms with Crippen molar-refractivity contribution < 1.29 is 14.3 Å². The first kappa shape index (κ1) is 25.0. The van der Waals surface area contributed by atoms with E-state index in [1.165, 1.54) is 10.9 Å². The molecule has 4 aromatic rings. The van der Waals surface area contributed by atoms with E-state index in [1.807, 2.05) is 31.6 Å². The molecule has 0 radical (unpaired) electrons. The number of methoxy groups -OCH3 is 1. The van der Waals surface area contributed by atoms with Crippen molar-refractivity contribution in [3.05, 3.63) is 89.7 Å². The summed E-state index contributed by atoms with van der Waals surface area (Å²) in [5, 5.41) is 9.59. The number of nitrogens with zero attached hydrogens (tertiary/aromatic N) is 1. The molecule has 8 heteroatoms. The molecule has 0 bridgehead atoms. The van der Waals surface area contributed by atoms with E-state index < -0.39 is 5.91 Å². The number of aromatic amines is 1. The third kappa shape index (κ3) is 7.74. The smallest absolute Gasteiger partial charge is 0.300 e. The second-order valence-electron chi connectivity index (χ2n) is 7.37. The SMILES string of the molecule is CNCc1ccnc2[nH]ccc12.COc1ccc(C#CC(=O)Nc2cccc(CNC=O)c2)cc1. The van der Waals surface area contributed by atoms with Gasteiger partial charge in [0.15, 0.2) is 0 Å². The average molecular weight is 470 g/mol. The highest BCUT2D eigenvalue weighted by Crippen LogP contribution is 2.14. The minimum absolute atomic E-state index is 0.402. The Morgan fingerprint density at radius 1 is 1.11 bits per heavy atom. The molecule has 0 unspecified atom stereocenters. The van der Waals surface area contributed by atoms with Gasteiger partial charge in [-0.2, -0.15) is 0 Å². The summed E-state index contributed by atoms with van der Waals surface area (Å²) in [5.41, 5.74) is 4.48. The molecule has 0 spiro atoms. The predicted octanol–water partition coefficient (Wildman–Crippen LogP) is 3.21. The molecule has 4 N–H and O–H groups in total. The number of hydrogen-bond donors (Lipinski definition) is 4. The average Bonchev–Trinajstić information content (AvgIpc) is 3.37. The lowest BCUT2D eigenvalue weighted by atomic mass is 10.2. The van der Waals surface area contributed by atoms with Gasteiger partial charge in [0, 0.05) is 48.0 Å². The molecule has 0 aliphatic rings. The van der Waals surface area contributed by atoms with Crippen LogP contribution in [0.15, 0.2) is 73.1 Å². The largest absolute Gasteiger partial charge is 0.497 e. The number of hydrogen-bond acceptors (Lipinski definition) is 5. The number of fused-ring (bicyclic) bond motifs is 1. The predicted molar refractivity (Wildman–Crippen MR) is 137 cm³/mol. The number of H-pyrrole nitrogens is 1. The van der Waals surface area contributed by atoms with Crippen LogP contribution in [0.3, 0.4) is 0 Å². The topological polar surface area (TPSA) is 108 Å². The lowest BCUT2D eigenvalue weighted by Crippen LogP contribution is -2.11. The number of amides is 2. The van der Waals surface area contributed by atoms with Crippen molar-refractivity contribution >= 4 is 29.0 Å². The van der Waals surface area contributed by atoms with Gasteiger partial charge in [-0.3, -0.25) is 9.59 Å². The molecular weight excluding hydrogens is 442 g/mol. The molecule has 0 aliphatic carbocycles. The zero-order valence-electron chi connectivity index (χ0n) is 19.6. The zero-order valence-corrected chi connectivity index (χ0v) is 19.6. The van der Waals surface area contributed by atoms with Gasteiger partial charge in [-0.1, -0.05) is 18.1 Å². The maximum absolute atomic E-state index is 11.9. The highest BCUT2D eigenvalue weighted by Gasteiger charge is 2.01. The van der Waals surface area contributed by atoms with Crippen molar-refractivity contribution in [2.24, 2.45) is 0 Å². The quantitative estimate of drug-likeness (QED) is 0.246. The maximum Gasteiger partial charge on any atom is 0.300 e. The summed E-state index contributed by atoms with van der Waals surface area (Å²) in [6, 6.07) is 18.4. The van der Waals surface area contributed by atoms with Crippen LogP contribution in [0.1, 0.15) is 16.7 Å². The van der Waals surface area contributed by atoms with Crippen LogP contribution in [0.5, 0.6) is 5.75 Å². The fourth-order valence-electron chi connectivity index (χ4n) is 3.25. The first-order valence-electron chi connectivity index (χ1n) is 10.9. The van der Waals surface area contributed by atoms with Gasteiger partial charge in [-0.05, 0) is 66.7 Å². The number of ether oxygens (including phenoxy) is 1. The van der Waals surface area contributed by atoms with E-state index in [2.05, 4.69) is 43.8 Å². The first-order chi connectivity index (χ1) is 17.1. The van der Waals surface area contributed by atoms with Gasteiger partial charge in [-0.25, -0.2) is 4.98 Å². The number of nitrogens with one attached hydrogen (secondary N) is 4. The molecule has 0 atom stereocenters. The summed E-state index contributed by atoms with van der Waals surface area (Å²) in [6.45, 7) is 1.29. The third-order valence-electron chi connectivity index (χ3n) is 4.90. The van der Waals surface area contributed by atoms with Crippen molar-refractivity contribution in [1.82, 2.24) is 20.6 Å². The third-order valence-corrected chi connectivity index (χ3v) is 4.90. The minimum Gasteiger partial charge on any atom is -0.497 e. The number of pyridine rings is 1. The molecule has 2 aromatic heterocycles. The Bertz CT molecular complexity index is 1320. The molecule has 0 aliphatic heterocycles. The van der Waals surface area contributed by atoms with Crippen molar-refractivity contribution in [3.63, 3.8) is 0 Å². The molecule has 35 heavy (non-hydrogen) atoms.